The maximum absolute atomic E-state index is 13.0. The van der Waals surface area contributed by atoms with E-state index in [1.165, 1.54) is 41.5 Å². The molecule has 8 rings (SSSR count). The van der Waals surface area contributed by atoms with Crippen molar-refractivity contribution < 1.29 is 45.3 Å². The van der Waals surface area contributed by atoms with E-state index in [1.807, 2.05) is 18.2 Å². The number of nitrogens with one attached hydrogen (secondary N) is 1. The van der Waals surface area contributed by atoms with Crippen LogP contribution >= 0.6 is 15.9 Å². The molecule has 0 aliphatic carbocycles. The molecule has 6 nitrogen and oxygen atoms in total. The molecular formula is C42H45BrF6N2O4. The van der Waals surface area contributed by atoms with Crippen molar-refractivity contribution >= 4 is 15.9 Å². The van der Waals surface area contributed by atoms with Crippen molar-refractivity contribution in [1.29, 1.82) is 0 Å². The first-order chi connectivity index (χ1) is 26.4. The molecule has 4 aromatic rings. The van der Waals surface area contributed by atoms with Crippen molar-refractivity contribution in [3.8, 4) is 23.0 Å². The highest BCUT2D eigenvalue weighted by Gasteiger charge is 2.42. The predicted molar refractivity (Wildman–Crippen MR) is 202 cm³/mol. The molecule has 0 unspecified atom stereocenters. The normalized spacial score (nSPS) is 18.1. The summed E-state index contributed by atoms with van der Waals surface area (Å²) in [7, 11) is 0. The molecule has 2 saturated heterocycles. The molecule has 0 aromatic heterocycles. The Labute approximate surface area is 326 Å². The number of rotatable bonds is 7. The average molecular weight is 836 g/mol. The molecule has 296 valence electrons. The van der Waals surface area contributed by atoms with Gasteiger partial charge in [0.25, 0.3) is 0 Å². The lowest BCUT2D eigenvalue weighted by Gasteiger charge is -2.38. The average Bonchev–Trinajstić information content (AvgIpc) is 3.72. The van der Waals surface area contributed by atoms with Gasteiger partial charge in [0.1, 0.15) is 40.8 Å². The topological polar surface area (TPSA) is 52.2 Å². The third-order valence-electron chi connectivity index (χ3n) is 10.3. The summed E-state index contributed by atoms with van der Waals surface area (Å²) in [4.78, 5) is 2.23. The molecule has 4 aromatic carbocycles. The first-order valence-electron chi connectivity index (χ1n) is 18.5. The summed E-state index contributed by atoms with van der Waals surface area (Å²) in [5.74, 6) is 1.86. The molecule has 2 fully saturated rings. The Kier molecular flexibility index (Phi) is 13.2. The maximum atomic E-state index is 13.0. The summed E-state index contributed by atoms with van der Waals surface area (Å²) in [6.45, 7) is 4.96. The minimum absolute atomic E-state index is 0.104. The Morgan fingerprint density at radius 1 is 0.600 bits per heavy atom. The monoisotopic (exact) mass is 834 g/mol. The van der Waals surface area contributed by atoms with Crippen LogP contribution in [0.25, 0.3) is 0 Å². The first-order valence-corrected chi connectivity index (χ1v) is 19.6. The number of nitrogens with zero attached hydrogens (tertiary/aromatic N) is 1. The van der Waals surface area contributed by atoms with Gasteiger partial charge in [0.05, 0.1) is 17.7 Å². The van der Waals surface area contributed by atoms with Crippen molar-refractivity contribution in [2.75, 3.05) is 51.3 Å². The second-order valence-electron chi connectivity index (χ2n) is 14.1. The molecule has 0 saturated carbocycles. The van der Waals surface area contributed by atoms with Crippen LogP contribution in [0.5, 0.6) is 23.0 Å². The van der Waals surface area contributed by atoms with E-state index in [0.29, 0.717) is 11.9 Å². The number of halogens is 7. The van der Waals surface area contributed by atoms with E-state index >= 15 is 0 Å². The Morgan fingerprint density at radius 2 is 1.04 bits per heavy atom. The zero-order valence-corrected chi connectivity index (χ0v) is 31.9. The molecular weight excluding hydrogens is 790 g/mol. The molecule has 0 radical (unpaired) electrons. The van der Waals surface area contributed by atoms with Gasteiger partial charge in [-0.3, -0.25) is 4.90 Å². The number of benzene rings is 4. The zero-order valence-electron chi connectivity index (χ0n) is 30.4. The smallest absolute Gasteiger partial charge is 0.419 e. The third-order valence-corrected chi connectivity index (χ3v) is 10.6. The second kappa shape index (κ2) is 17.9. The quantitative estimate of drug-likeness (QED) is 0.148. The van der Waals surface area contributed by atoms with Crippen LogP contribution in [0.3, 0.4) is 0 Å². The van der Waals surface area contributed by atoms with Crippen molar-refractivity contribution in [3.63, 3.8) is 0 Å². The van der Waals surface area contributed by atoms with Gasteiger partial charge in [-0.05, 0) is 73.5 Å². The van der Waals surface area contributed by atoms with E-state index in [9.17, 15) is 26.3 Å². The van der Waals surface area contributed by atoms with Crippen LogP contribution in [0.1, 0.15) is 47.9 Å². The maximum Gasteiger partial charge on any atom is 0.419 e. The fourth-order valence-corrected chi connectivity index (χ4v) is 7.60. The largest absolute Gasteiger partial charge is 0.492 e. The lowest BCUT2D eigenvalue weighted by Crippen LogP contribution is -2.48. The van der Waals surface area contributed by atoms with Crippen LogP contribution in [0.2, 0.25) is 0 Å². The summed E-state index contributed by atoms with van der Waals surface area (Å²) in [6.07, 6.45) is -2.60. The van der Waals surface area contributed by atoms with Gasteiger partial charge in [-0.1, -0.05) is 76.6 Å². The van der Waals surface area contributed by atoms with Gasteiger partial charge in [0, 0.05) is 50.6 Å². The molecule has 4 aliphatic heterocycles. The van der Waals surface area contributed by atoms with Crippen molar-refractivity contribution in [2.45, 2.75) is 62.1 Å². The number of alkyl halides is 7. The summed E-state index contributed by atoms with van der Waals surface area (Å²) in [5.41, 5.74) is 1.19. The van der Waals surface area contributed by atoms with E-state index in [1.54, 1.807) is 6.07 Å². The summed E-state index contributed by atoms with van der Waals surface area (Å²) < 4.78 is 98.9. The van der Waals surface area contributed by atoms with E-state index in [0.717, 1.165) is 88.3 Å². The number of likely N-dealkylation sites (tertiary alicyclic amines) is 1. The van der Waals surface area contributed by atoms with Gasteiger partial charge in [0.15, 0.2) is 0 Å². The SMILES string of the molecule is FC(F)(F)c1ccccc1OCCBr.FC(F)(F)c1ccccc1OCCN1CCC2(CC1)Cc1ccccc1O2.c1ccc2c(c1)CC1(CCNCC1)O2. The molecule has 13 heteroatoms. The van der Waals surface area contributed by atoms with Gasteiger partial charge >= 0.3 is 12.4 Å². The Balaban J connectivity index is 0.000000155. The van der Waals surface area contributed by atoms with Gasteiger partial charge in [-0.15, -0.1) is 0 Å². The number of ether oxygens (including phenoxy) is 4. The van der Waals surface area contributed by atoms with Gasteiger partial charge in [-0.2, -0.15) is 26.3 Å². The Bertz CT molecular complexity index is 1790. The molecule has 4 aliphatic rings. The molecule has 55 heavy (non-hydrogen) atoms. The number of hydrogen-bond acceptors (Lipinski definition) is 6. The minimum Gasteiger partial charge on any atom is -0.492 e. The summed E-state index contributed by atoms with van der Waals surface area (Å²) >= 11 is 3.08. The number of piperidine rings is 2. The molecule has 1 N–H and O–H groups in total. The molecule has 2 spiro atoms. The molecule has 0 atom stereocenters. The molecule has 0 amide bonds. The van der Waals surface area contributed by atoms with Crippen molar-refractivity contribution in [2.24, 2.45) is 0 Å². The second-order valence-corrected chi connectivity index (χ2v) is 14.9. The van der Waals surface area contributed by atoms with Crippen LogP contribution in [-0.4, -0.2) is 67.4 Å². The van der Waals surface area contributed by atoms with Crippen LogP contribution in [0.4, 0.5) is 26.3 Å². The van der Waals surface area contributed by atoms with Crippen molar-refractivity contribution in [1.82, 2.24) is 10.2 Å². The number of para-hydroxylation sites is 4. The summed E-state index contributed by atoms with van der Waals surface area (Å²) in [6, 6.07) is 27.1. The fraction of sp³-hybridized carbons (Fsp3) is 0.429. The van der Waals surface area contributed by atoms with Crippen molar-refractivity contribution in [3.05, 3.63) is 119 Å². The molecule has 4 heterocycles. The predicted octanol–water partition coefficient (Wildman–Crippen LogP) is 9.78. The Hall–Kier alpha value is -3.94. The van der Waals surface area contributed by atoms with Crippen LogP contribution < -0.4 is 24.3 Å². The highest BCUT2D eigenvalue weighted by molar-refractivity contribution is 9.09. The summed E-state index contributed by atoms with van der Waals surface area (Å²) in [5, 5.41) is 3.88. The van der Waals surface area contributed by atoms with E-state index in [4.69, 9.17) is 18.9 Å². The fourth-order valence-electron chi connectivity index (χ4n) is 7.44. The molecule has 0 bridgehead atoms. The standard InChI is InChI=1S/C21H22F3NO2.C12H15NO.C9H8BrF3O/c22-21(23,24)17-6-2-4-8-19(17)26-14-13-25-11-9-20(10-12-25)15-16-5-1-3-7-18(16)27-20;1-2-4-11-10(3-1)9-12(14-11)5-7-13-8-6-12;10-5-6-14-8-4-2-1-3-7(8)9(11,12)13/h1-8H,9-15H2;1-4,13H,5-9H2;1-4H,5-6H2. The first kappa shape index (κ1) is 40.7. The van der Waals surface area contributed by atoms with E-state index < -0.39 is 23.5 Å². The highest BCUT2D eigenvalue weighted by Crippen LogP contribution is 2.42. The lowest BCUT2D eigenvalue weighted by molar-refractivity contribution is -0.139. The van der Waals surface area contributed by atoms with Crippen LogP contribution in [0.15, 0.2) is 97.1 Å². The van der Waals surface area contributed by atoms with Gasteiger partial charge < -0.3 is 24.3 Å². The Morgan fingerprint density at radius 3 is 1.51 bits per heavy atom. The van der Waals surface area contributed by atoms with E-state index in [2.05, 4.69) is 56.5 Å². The van der Waals surface area contributed by atoms with E-state index in [-0.39, 0.29) is 35.9 Å². The number of hydrogen-bond donors (Lipinski definition) is 1. The third kappa shape index (κ3) is 10.7. The zero-order chi connectivity index (χ0) is 38.9. The lowest BCUT2D eigenvalue weighted by atomic mass is 9.87. The van der Waals surface area contributed by atoms with Crippen LogP contribution in [-0.2, 0) is 25.2 Å². The highest BCUT2D eigenvalue weighted by atomic mass is 79.9. The minimum atomic E-state index is -4.40. The van der Waals surface area contributed by atoms with Gasteiger partial charge in [-0.25, -0.2) is 0 Å². The number of fused-ring (bicyclic) bond motifs is 2. The van der Waals surface area contributed by atoms with Gasteiger partial charge in [0.2, 0.25) is 0 Å². The van der Waals surface area contributed by atoms with Crippen LogP contribution in [0, 0.1) is 0 Å².